The molecule has 0 fully saturated rings. The average Bonchev–Trinajstić information content (AvgIpc) is 2.73. The molecule has 7 nitrogen and oxygen atoms in total. The maximum Gasteiger partial charge on any atom is 0.254 e. The van der Waals surface area contributed by atoms with E-state index >= 15 is 0 Å². The van der Waals surface area contributed by atoms with E-state index in [-0.39, 0.29) is 18.5 Å². The summed E-state index contributed by atoms with van der Waals surface area (Å²) < 4.78 is 25.6. The molecule has 2 amide bonds. The van der Waals surface area contributed by atoms with Gasteiger partial charge >= 0.3 is 0 Å². The van der Waals surface area contributed by atoms with Crippen molar-refractivity contribution >= 4 is 34.0 Å². The Hall–Kier alpha value is -2.94. The number of carbonyl (C=O) groups excluding carboxylic acids is 2. The van der Waals surface area contributed by atoms with Crippen LogP contribution in [-0.4, -0.2) is 37.8 Å². The summed E-state index contributed by atoms with van der Waals surface area (Å²) in [6, 6.07) is 9.22. The molecular formula is C22H25BrFN3O4. The molecule has 0 spiro atoms. The summed E-state index contributed by atoms with van der Waals surface area (Å²) in [5.74, 6) is -0.382. The minimum absolute atomic E-state index is 0.00474. The first-order valence-electron chi connectivity index (χ1n) is 9.90. The number of carbonyl (C=O) groups is 2. The van der Waals surface area contributed by atoms with Crippen LogP contribution >= 0.6 is 15.9 Å². The minimum atomic E-state index is -0.613. The van der Waals surface area contributed by atoms with Gasteiger partial charge < -0.3 is 14.8 Å². The van der Waals surface area contributed by atoms with E-state index in [4.69, 9.17) is 9.47 Å². The molecule has 0 aliphatic carbocycles. The van der Waals surface area contributed by atoms with Crippen LogP contribution in [0, 0.1) is 5.82 Å². The summed E-state index contributed by atoms with van der Waals surface area (Å²) in [6.45, 7) is 4.99. The van der Waals surface area contributed by atoms with E-state index in [0.29, 0.717) is 30.3 Å². The molecule has 0 saturated heterocycles. The van der Waals surface area contributed by atoms with Gasteiger partial charge in [0.05, 0.1) is 29.5 Å². The number of rotatable bonds is 11. The van der Waals surface area contributed by atoms with Crippen molar-refractivity contribution < 1.29 is 23.5 Å². The van der Waals surface area contributed by atoms with Crippen molar-refractivity contribution in [3.05, 3.63) is 57.8 Å². The van der Waals surface area contributed by atoms with Crippen LogP contribution in [0.4, 0.5) is 4.39 Å². The van der Waals surface area contributed by atoms with Crippen LogP contribution in [0.15, 0.2) is 46.0 Å². The number of hydrazone groups is 1. The SMILES string of the molecule is CCCOc1c(Br)cc(C=NNC(=O)CCNC(=O)c2ccccc2F)cc1OCC. The zero-order chi connectivity index (χ0) is 22.6. The third-order valence-corrected chi connectivity index (χ3v) is 4.53. The first-order valence-corrected chi connectivity index (χ1v) is 10.7. The summed E-state index contributed by atoms with van der Waals surface area (Å²) in [4.78, 5) is 23.8. The molecule has 2 N–H and O–H groups in total. The Morgan fingerprint density at radius 3 is 2.68 bits per heavy atom. The zero-order valence-corrected chi connectivity index (χ0v) is 19.0. The molecule has 0 aliphatic rings. The molecule has 2 aromatic carbocycles. The highest BCUT2D eigenvalue weighted by atomic mass is 79.9. The van der Waals surface area contributed by atoms with Crippen LogP contribution in [0.3, 0.4) is 0 Å². The lowest BCUT2D eigenvalue weighted by Gasteiger charge is -2.14. The van der Waals surface area contributed by atoms with Crippen LogP contribution in [0.1, 0.15) is 42.6 Å². The topological polar surface area (TPSA) is 89.0 Å². The van der Waals surface area contributed by atoms with Crippen LogP contribution in [0.25, 0.3) is 0 Å². The Balaban J connectivity index is 1.87. The van der Waals surface area contributed by atoms with Gasteiger partial charge in [0.15, 0.2) is 11.5 Å². The van der Waals surface area contributed by atoms with E-state index < -0.39 is 17.6 Å². The lowest BCUT2D eigenvalue weighted by atomic mass is 10.2. The average molecular weight is 494 g/mol. The Morgan fingerprint density at radius 2 is 1.97 bits per heavy atom. The second-order valence-corrected chi connectivity index (χ2v) is 7.24. The Bertz CT molecular complexity index is 937. The van der Waals surface area contributed by atoms with E-state index in [9.17, 15) is 14.0 Å². The van der Waals surface area contributed by atoms with Gasteiger partial charge in [0.1, 0.15) is 5.82 Å². The van der Waals surface area contributed by atoms with E-state index in [0.717, 1.165) is 10.9 Å². The summed E-state index contributed by atoms with van der Waals surface area (Å²) in [7, 11) is 0. The van der Waals surface area contributed by atoms with Crippen molar-refractivity contribution in [1.29, 1.82) is 0 Å². The van der Waals surface area contributed by atoms with Crippen LogP contribution in [0.5, 0.6) is 11.5 Å². The molecule has 166 valence electrons. The number of amides is 2. The molecule has 2 rings (SSSR count). The molecular weight excluding hydrogens is 469 g/mol. The third-order valence-electron chi connectivity index (χ3n) is 3.94. The first kappa shape index (κ1) is 24.3. The van der Waals surface area contributed by atoms with Crippen LogP contribution in [0.2, 0.25) is 0 Å². The molecule has 0 unspecified atom stereocenters. The fourth-order valence-corrected chi connectivity index (χ4v) is 3.11. The predicted molar refractivity (Wildman–Crippen MR) is 120 cm³/mol. The molecule has 0 saturated carbocycles. The van der Waals surface area contributed by atoms with Crippen molar-refractivity contribution in [3.63, 3.8) is 0 Å². The number of hydrogen-bond donors (Lipinski definition) is 2. The number of nitrogens with one attached hydrogen (secondary N) is 2. The second kappa shape index (κ2) is 12.7. The van der Waals surface area contributed by atoms with Gasteiger partial charge in [-0.3, -0.25) is 9.59 Å². The van der Waals surface area contributed by atoms with Crippen molar-refractivity contribution in [3.8, 4) is 11.5 Å². The van der Waals surface area contributed by atoms with E-state index in [1.54, 1.807) is 18.2 Å². The van der Waals surface area contributed by atoms with Gasteiger partial charge in [0, 0.05) is 13.0 Å². The normalized spacial score (nSPS) is 10.7. The number of benzene rings is 2. The summed E-state index contributed by atoms with van der Waals surface area (Å²) in [6.07, 6.45) is 2.34. The smallest absolute Gasteiger partial charge is 0.254 e. The molecule has 9 heteroatoms. The molecule has 0 bridgehead atoms. The van der Waals surface area contributed by atoms with Crippen LogP contribution in [-0.2, 0) is 4.79 Å². The summed E-state index contributed by atoms with van der Waals surface area (Å²) in [5.41, 5.74) is 3.03. The summed E-state index contributed by atoms with van der Waals surface area (Å²) >= 11 is 3.47. The van der Waals surface area contributed by atoms with Crippen molar-refractivity contribution in [1.82, 2.24) is 10.7 Å². The van der Waals surface area contributed by atoms with Crippen molar-refractivity contribution in [2.45, 2.75) is 26.7 Å². The fourth-order valence-electron chi connectivity index (χ4n) is 2.53. The molecule has 0 aromatic heterocycles. The molecule has 0 radical (unpaired) electrons. The van der Waals surface area contributed by atoms with Gasteiger partial charge in [0.25, 0.3) is 5.91 Å². The number of hydrogen-bond acceptors (Lipinski definition) is 5. The number of ether oxygens (including phenoxy) is 2. The summed E-state index contributed by atoms with van der Waals surface area (Å²) in [5, 5.41) is 6.43. The van der Waals surface area contributed by atoms with Gasteiger partial charge in [-0.2, -0.15) is 5.10 Å². The second-order valence-electron chi connectivity index (χ2n) is 6.39. The van der Waals surface area contributed by atoms with Gasteiger partial charge in [0.2, 0.25) is 5.91 Å². The van der Waals surface area contributed by atoms with Gasteiger partial charge in [-0.25, -0.2) is 9.82 Å². The highest BCUT2D eigenvalue weighted by Gasteiger charge is 2.12. The van der Waals surface area contributed by atoms with E-state index in [1.165, 1.54) is 24.4 Å². The Kier molecular flexibility index (Phi) is 9.96. The predicted octanol–water partition coefficient (Wildman–Crippen LogP) is 4.05. The lowest BCUT2D eigenvalue weighted by Crippen LogP contribution is -2.29. The van der Waals surface area contributed by atoms with Crippen molar-refractivity contribution in [2.24, 2.45) is 5.10 Å². The van der Waals surface area contributed by atoms with Gasteiger partial charge in [-0.1, -0.05) is 19.1 Å². The monoisotopic (exact) mass is 493 g/mol. The minimum Gasteiger partial charge on any atom is -0.490 e. The third kappa shape index (κ3) is 7.67. The maximum absolute atomic E-state index is 13.6. The Morgan fingerprint density at radius 1 is 1.19 bits per heavy atom. The fraction of sp³-hybridized carbons (Fsp3) is 0.318. The molecule has 31 heavy (non-hydrogen) atoms. The standard InChI is InChI=1S/C22H25BrFN3O4/c1-3-11-31-21-17(23)12-15(13-19(21)30-4-2)14-26-27-20(28)9-10-25-22(29)16-7-5-6-8-18(16)24/h5-8,12-14H,3-4,9-11H2,1-2H3,(H,25,29)(H,27,28). The Labute approximate surface area is 189 Å². The quantitative estimate of drug-likeness (QED) is 0.365. The lowest BCUT2D eigenvalue weighted by molar-refractivity contribution is -0.120. The highest BCUT2D eigenvalue weighted by Crippen LogP contribution is 2.36. The first-order chi connectivity index (χ1) is 15.0. The highest BCUT2D eigenvalue weighted by molar-refractivity contribution is 9.10. The molecule has 2 aromatic rings. The maximum atomic E-state index is 13.6. The molecule has 0 heterocycles. The largest absolute Gasteiger partial charge is 0.490 e. The zero-order valence-electron chi connectivity index (χ0n) is 17.4. The molecule has 0 atom stereocenters. The number of nitrogens with zero attached hydrogens (tertiary/aromatic N) is 1. The number of halogens is 2. The van der Waals surface area contributed by atoms with E-state index in [2.05, 4.69) is 31.8 Å². The van der Waals surface area contributed by atoms with Crippen molar-refractivity contribution in [2.75, 3.05) is 19.8 Å². The van der Waals surface area contributed by atoms with Gasteiger partial charge in [-0.05, 0) is 59.1 Å². The van der Waals surface area contributed by atoms with E-state index in [1.807, 2.05) is 13.8 Å². The van der Waals surface area contributed by atoms with Crippen LogP contribution < -0.4 is 20.2 Å². The van der Waals surface area contributed by atoms with Gasteiger partial charge in [-0.15, -0.1) is 0 Å². The molecule has 0 aliphatic heterocycles.